The number of carbonyl (C=O) groups excluding carboxylic acids is 2. The molecule has 2 saturated carbocycles. The van der Waals surface area contributed by atoms with Crippen LogP contribution >= 0.6 is 34.7 Å². The zero-order chi connectivity index (χ0) is 31.9. The van der Waals surface area contributed by atoms with E-state index in [2.05, 4.69) is 4.98 Å². The molecule has 1 aromatic heterocycles. The van der Waals surface area contributed by atoms with Crippen molar-refractivity contribution < 1.29 is 24.0 Å². The maximum absolute atomic E-state index is 14.1. The largest absolute Gasteiger partial charge is 0.497 e. The number of nitro benzene ring substituents is 1. The van der Waals surface area contributed by atoms with Gasteiger partial charge in [0.1, 0.15) is 18.1 Å². The van der Waals surface area contributed by atoms with E-state index in [4.69, 9.17) is 21.1 Å². The van der Waals surface area contributed by atoms with Gasteiger partial charge in [-0.3, -0.25) is 29.4 Å². The monoisotopic (exact) mass is 675 g/mol. The van der Waals surface area contributed by atoms with Crippen LogP contribution in [-0.4, -0.2) is 34.1 Å². The average molecular weight is 676 g/mol. The summed E-state index contributed by atoms with van der Waals surface area (Å²) < 4.78 is 11.6. The predicted molar refractivity (Wildman–Crippen MR) is 173 cm³/mol. The van der Waals surface area contributed by atoms with Gasteiger partial charge in [-0.15, -0.1) is 11.8 Å². The van der Waals surface area contributed by atoms with E-state index in [0.717, 1.165) is 21.8 Å². The molecule has 3 fully saturated rings. The summed E-state index contributed by atoms with van der Waals surface area (Å²) in [7, 11) is 1.56. The number of aromatic nitrogens is 1. The Labute approximate surface area is 275 Å². The van der Waals surface area contributed by atoms with Crippen molar-refractivity contribution in [2.24, 2.45) is 29.6 Å². The first-order valence-corrected chi connectivity index (χ1v) is 16.9. The molecule has 3 aromatic carbocycles. The van der Waals surface area contributed by atoms with E-state index >= 15 is 0 Å². The first-order chi connectivity index (χ1) is 22.2. The number of H-pyrrole nitrogens is 1. The highest BCUT2D eigenvalue weighted by Crippen LogP contribution is 2.69. The Morgan fingerprint density at radius 1 is 1.02 bits per heavy atom. The van der Waals surface area contributed by atoms with Gasteiger partial charge in [-0.1, -0.05) is 35.1 Å². The summed E-state index contributed by atoms with van der Waals surface area (Å²) in [5, 5.41) is 13.2. The second-order valence-corrected chi connectivity index (χ2v) is 14.7. The summed E-state index contributed by atoms with van der Waals surface area (Å²) in [6.07, 6.45) is 0.689. The minimum atomic E-state index is -0.518. The molecule has 2 aliphatic carbocycles. The highest BCUT2D eigenvalue weighted by molar-refractivity contribution is 8.00. The highest BCUT2D eigenvalue weighted by Gasteiger charge is 2.70. The lowest BCUT2D eigenvalue weighted by molar-refractivity contribution is -0.385. The summed E-state index contributed by atoms with van der Waals surface area (Å²) in [5.41, 5.74) is 1.84. The van der Waals surface area contributed by atoms with Gasteiger partial charge in [-0.05, 0) is 72.2 Å². The van der Waals surface area contributed by atoms with Gasteiger partial charge in [-0.2, -0.15) is 0 Å². The number of non-ortho nitro benzene ring substituents is 1. The number of ether oxygens (including phenoxy) is 2. The number of halogens is 1. The molecule has 2 bridgehead atoms. The van der Waals surface area contributed by atoms with Gasteiger partial charge in [0.05, 0.1) is 34.6 Å². The smallest absolute Gasteiger partial charge is 0.305 e. The van der Waals surface area contributed by atoms with Gasteiger partial charge >= 0.3 is 4.87 Å². The number of nitrogens with zero attached hydrogens (tertiary/aromatic N) is 2. The van der Waals surface area contributed by atoms with E-state index in [0.29, 0.717) is 39.2 Å². The third-order valence-corrected chi connectivity index (χ3v) is 12.7. The molecule has 2 amide bonds. The number of thiazole rings is 1. The zero-order valence-electron chi connectivity index (χ0n) is 24.3. The molecule has 3 heterocycles. The summed E-state index contributed by atoms with van der Waals surface area (Å²) in [6, 6.07) is 18.7. The van der Waals surface area contributed by atoms with Crippen LogP contribution in [0.2, 0.25) is 5.02 Å². The second kappa shape index (κ2) is 11.0. The number of imide groups is 1. The van der Waals surface area contributed by atoms with Crippen molar-refractivity contribution in [2.45, 2.75) is 29.2 Å². The molecule has 1 N–H and O–H groups in total. The number of rotatable bonds is 7. The van der Waals surface area contributed by atoms with Crippen LogP contribution in [-0.2, 0) is 16.2 Å². The lowest BCUT2D eigenvalue weighted by atomic mass is 9.68. The summed E-state index contributed by atoms with van der Waals surface area (Å²) in [4.78, 5) is 57.2. The molecule has 1 saturated heterocycles. The number of benzene rings is 3. The molecule has 0 spiro atoms. The zero-order valence-corrected chi connectivity index (χ0v) is 26.6. The van der Waals surface area contributed by atoms with Gasteiger partial charge in [-0.25, -0.2) is 0 Å². The summed E-state index contributed by atoms with van der Waals surface area (Å²) >= 11 is 8.84. The van der Waals surface area contributed by atoms with E-state index in [1.165, 1.54) is 17.0 Å². The highest BCUT2D eigenvalue weighted by atomic mass is 35.5. The van der Waals surface area contributed by atoms with Gasteiger partial charge in [0.2, 0.25) is 11.8 Å². The number of amides is 2. The summed E-state index contributed by atoms with van der Waals surface area (Å²) in [6.45, 7) is 0.178. The van der Waals surface area contributed by atoms with Crippen LogP contribution < -0.4 is 19.2 Å². The molecule has 4 aliphatic rings. The Kier molecular flexibility index (Phi) is 7.00. The van der Waals surface area contributed by atoms with Gasteiger partial charge < -0.3 is 14.5 Å². The van der Waals surface area contributed by atoms with Crippen molar-refractivity contribution in [3.63, 3.8) is 0 Å². The first-order valence-electron chi connectivity index (χ1n) is 14.8. The third kappa shape index (κ3) is 4.49. The molecule has 7 atom stereocenters. The minimum Gasteiger partial charge on any atom is -0.497 e. The fourth-order valence-corrected chi connectivity index (χ4v) is 11.3. The number of aromatic amines is 1. The number of methoxy groups -OCH3 is 1. The Bertz CT molecular complexity index is 1980. The lowest BCUT2D eigenvalue weighted by Gasteiger charge is -2.43. The maximum atomic E-state index is 14.1. The molecule has 0 radical (unpaired) electrons. The van der Waals surface area contributed by atoms with Crippen molar-refractivity contribution in [3.05, 3.63) is 108 Å². The number of carbonyl (C=O) groups is 2. The van der Waals surface area contributed by atoms with Crippen LogP contribution in [0.3, 0.4) is 0 Å². The van der Waals surface area contributed by atoms with Crippen LogP contribution in [0.15, 0.2) is 76.6 Å². The Morgan fingerprint density at radius 2 is 1.78 bits per heavy atom. The molecule has 46 heavy (non-hydrogen) atoms. The van der Waals surface area contributed by atoms with Crippen molar-refractivity contribution >= 4 is 57.9 Å². The fraction of sp³-hybridized carbons (Fsp3) is 0.303. The van der Waals surface area contributed by atoms with Crippen LogP contribution in [0.5, 0.6) is 11.5 Å². The van der Waals surface area contributed by atoms with Gasteiger partial charge in [0.25, 0.3) is 5.69 Å². The lowest BCUT2D eigenvalue weighted by Crippen LogP contribution is -2.42. The normalized spacial score (nSPS) is 27.3. The molecule has 5 unspecified atom stereocenters. The fourth-order valence-electron chi connectivity index (χ4n) is 8.16. The van der Waals surface area contributed by atoms with Crippen LogP contribution in [0.4, 0.5) is 11.4 Å². The van der Waals surface area contributed by atoms with E-state index in [1.807, 2.05) is 12.1 Å². The maximum Gasteiger partial charge on any atom is 0.305 e. The quantitative estimate of drug-likeness (QED) is 0.138. The molecular weight excluding hydrogens is 650 g/mol. The number of thioether (sulfide) groups is 1. The topological polar surface area (TPSA) is 132 Å². The van der Waals surface area contributed by atoms with Crippen molar-refractivity contribution in [2.75, 3.05) is 12.0 Å². The van der Waals surface area contributed by atoms with E-state index < -0.39 is 22.7 Å². The Morgan fingerprint density at radius 3 is 2.50 bits per heavy atom. The second-order valence-electron chi connectivity index (χ2n) is 12.1. The van der Waals surface area contributed by atoms with Crippen LogP contribution in [0.25, 0.3) is 0 Å². The molecule has 234 valence electrons. The van der Waals surface area contributed by atoms with E-state index in [-0.39, 0.29) is 52.0 Å². The Balaban J connectivity index is 1.21. The molecule has 13 heteroatoms. The molecule has 2 aliphatic heterocycles. The SMILES string of the molecule is COc1ccc(N2C(=O)C3C(C2=O)[C@@H]2C[C@H]3C3Sc4[nH]c(=O)sc4C(c4cc([N+](=O)[O-])ccc4OCc4cccc(Cl)c4)C32)cc1. The third-order valence-electron chi connectivity index (χ3n) is 9.88. The minimum absolute atomic E-state index is 0.0818. The van der Waals surface area contributed by atoms with E-state index in [9.17, 15) is 24.5 Å². The van der Waals surface area contributed by atoms with Crippen molar-refractivity contribution in [1.82, 2.24) is 4.98 Å². The molecular formula is C33H26ClN3O7S2. The summed E-state index contributed by atoms with van der Waals surface area (Å²) in [5.74, 6) is -1.19. The van der Waals surface area contributed by atoms with Crippen LogP contribution in [0.1, 0.15) is 28.3 Å². The van der Waals surface area contributed by atoms with Crippen molar-refractivity contribution in [1.29, 1.82) is 0 Å². The van der Waals surface area contributed by atoms with E-state index in [1.54, 1.807) is 61.3 Å². The first kappa shape index (κ1) is 29.3. The predicted octanol–water partition coefficient (Wildman–Crippen LogP) is 6.26. The number of hydrogen-bond donors (Lipinski definition) is 1. The number of anilines is 1. The van der Waals surface area contributed by atoms with Gasteiger partial charge in [0, 0.05) is 38.8 Å². The average Bonchev–Trinajstić information content (AvgIpc) is 3.79. The molecule has 10 nitrogen and oxygen atoms in total. The Hall–Kier alpha value is -4.13. The number of fused-ring (bicyclic) bond motifs is 9. The van der Waals surface area contributed by atoms with Crippen LogP contribution in [0, 0.1) is 39.7 Å². The van der Waals surface area contributed by atoms with Crippen molar-refractivity contribution in [3.8, 4) is 11.5 Å². The number of hydrogen-bond acceptors (Lipinski definition) is 9. The molecule has 4 aromatic rings. The number of nitrogens with one attached hydrogen (secondary N) is 1. The standard InChI is InChI=1S/C33H26ClN3O7S2/c1-43-19-8-5-17(6-9-19)36-31(38)26-21-13-22(27(26)32(36)39)28-25(21)24(29-30(45-28)35-33(40)46-29)20-12-18(37(41)42)7-10-23(20)44-14-15-3-2-4-16(34)11-15/h2-12,21-22,24-28H,13-14H2,1H3,(H,35,40)/t21-,22-,24?,25?,26?,27?,28?/m1/s1. The number of nitro groups is 1. The molecule has 8 rings (SSSR count). The van der Waals surface area contributed by atoms with Gasteiger partial charge in [0.15, 0.2) is 0 Å².